The minimum absolute atomic E-state index is 0.0299. The van der Waals surface area contributed by atoms with Crippen molar-refractivity contribution in [2.24, 2.45) is 0 Å². The summed E-state index contributed by atoms with van der Waals surface area (Å²) in [5.41, 5.74) is 3.76. The zero-order valence-corrected chi connectivity index (χ0v) is 20.6. The molecule has 182 valence electrons. The lowest BCUT2D eigenvalue weighted by Crippen LogP contribution is -2.53. The number of carbonyl (C=O) groups excluding carboxylic acids is 1. The van der Waals surface area contributed by atoms with Gasteiger partial charge in [0.15, 0.2) is 0 Å². The van der Waals surface area contributed by atoms with Crippen molar-refractivity contribution in [2.75, 3.05) is 32.7 Å². The fourth-order valence-electron chi connectivity index (χ4n) is 5.88. The Balaban J connectivity index is 1.30. The molecule has 0 saturated carbocycles. The van der Waals surface area contributed by atoms with Crippen LogP contribution in [0.5, 0.6) is 0 Å². The largest absolute Gasteiger partial charge is 0.327 e. The second kappa shape index (κ2) is 11.1. The van der Waals surface area contributed by atoms with Gasteiger partial charge in [0.05, 0.1) is 6.04 Å². The zero-order valence-electron chi connectivity index (χ0n) is 20.6. The van der Waals surface area contributed by atoms with Crippen molar-refractivity contribution < 1.29 is 4.79 Å². The molecule has 0 radical (unpaired) electrons. The second-order valence-electron chi connectivity index (χ2n) is 10.2. The fourth-order valence-corrected chi connectivity index (χ4v) is 5.88. The van der Waals surface area contributed by atoms with Crippen LogP contribution in [0.4, 0.5) is 4.79 Å². The van der Waals surface area contributed by atoms with E-state index in [4.69, 9.17) is 0 Å². The minimum Gasteiger partial charge on any atom is -0.327 e. The molecule has 0 spiro atoms. The first-order chi connectivity index (χ1) is 17.2. The van der Waals surface area contributed by atoms with E-state index in [0.717, 1.165) is 43.6 Å². The van der Waals surface area contributed by atoms with Crippen molar-refractivity contribution in [1.29, 1.82) is 0 Å². The second-order valence-corrected chi connectivity index (χ2v) is 10.2. The molecule has 0 bridgehead atoms. The monoisotopic (exact) mass is 467 g/mol. The summed E-state index contributed by atoms with van der Waals surface area (Å²) in [7, 11) is 0. The Morgan fingerprint density at radius 2 is 1.23 bits per heavy atom. The Kier molecular flexibility index (Phi) is 7.48. The Hall–Kier alpha value is -3.11. The SMILES string of the molecule is O=C(NC(c1ccccc1)c1ccccc1)N1CCC(CN2CCCCC2)(c2ccccc2)CC1. The van der Waals surface area contributed by atoms with Crippen LogP contribution in [-0.4, -0.2) is 48.6 Å². The van der Waals surface area contributed by atoms with E-state index in [9.17, 15) is 4.79 Å². The highest BCUT2D eigenvalue weighted by molar-refractivity contribution is 5.75. The molecule has 0 unspecified atom stereocenters. The van der Waals surface area contributed by atoms with E-state index in [0.29, 0.717) is 0 Å². The highest BCUT2D eigenvalue weighted by Crippen LogP contribution is 2.37. The van der Waals surface area contributed by atoms with Gasteiger partial charge in [-0.2, -0.15) is 0 Å². The van der Waals surface area contributed by atoms with Crippen molar-refractivity contribution in [3.05, 3.63) is 108 Å². The molecule has 5 rings (SSSR count). The van der Waals surface area contributed by atoms with Gasteiger partial charge in [-0.05, 0) is 55.5 Å². The molecular weight excluding hydrogens is 430 g/mol. The number of hydrogen-bond acceptors (Lipinski definition) is 2. The Bertz CT molecular complexity index is 1020. The lowest BCUT2D eigenvalue weighted by molar-refractivity contribution is 0.113. The van der Waals surface area contributed by atoms with Gasteiger partial charge in [-0.15, -0.1) is 0 Å². The predicted octanol–water partition coefficient (Wildman–Crippen LogP) is 6.01. The maximum Gasteiger partial charge on any atom is 0.318 e. The van der Waals surface area contributed by atoms with E-state index in [1.165, 1.54) is 37.9 Å². The van der Waals surface area contributed by atoms with Crippen LogP contribution in [0.25, 0.3) is 0 Å². The maximum atomic E-state index is 13.5. The quantitative estimate of drug-likeness (QED) is 0.482. The van der Waals surface area contributed by atoms with Gasteiger partial charge in [0.1, 0.15) is 0 Å². The van der Waals surface area contributed by atoms with Crippen molar-refractivity contribution in [3.63, 3.8) is 0 Å². The van der Waals surface area contributed by atoms with Crippen molar-refractivity contribution in [3.8, 4) is 0 Å². The molecule has 0 aliphatic carbocycles. The fraction of sp³-hybridized carbons (Fsp3) is 0.387. The summed E-state index contributed by atoms with van der Waals surface area (Å²) in [5, 5.41) is 3.34. The van der Waals surface area contributed by atoms with Gasteiger partial charge < -0.3 is 15.1 Å². The Labute approximate surface area is 210 Å². The summed E-state index contributed by atoms with van der Waals surface area (Å²) < 4.78 is 0. The van der Waals surface area contributed by atoms with E-state index in [1.807, 2.05) is 41.3 Å². The third kappa shape index (κ3) is 5.59. The van der Waals surface area contributed by atoms with E-state index in [1.54, 1.807) is 0 Å². The number of amides is 2. The molecule has 2 aliphatic rings. The number of urea groups is 1. The molecule has 4 nitrogen and oxygen atoms in total. The molecule has 2 heterocycles. The molecule has 2 aliphatic heterocycles. The number of rotatable bonds is 6. The first-order valence-electron chi connectivity index (χ1n) is 13.2. The normalized spacial score (nSPS) is 18.4. The van der Waals surface area contributed by atoms with Gasteiger partial charge in [-0.1, -0.05) is 97.4 Å². The molecule has 2 saturated heterocycles. The van der Waals surface area contributed by atoms with Gasteiger partial charge >= 0.3 is 6.03 Å². The van der Waals surface area contributed by atoms with Crippen LogP contribution in [0, 0.1) is 0 Å². The summed E-state index contributed by atoms with van der Waals surface area (Å²) in [5.74, 6) is 0. The van der Waals surface area contributed by atoms with E-state index < -0.39 is 0 Å². The smallest absolute Gasteiger partial charge is 0.318 e. The van der Waals surface area contributed by atoms with Gasteiger partial charge in [0.25, 0.3) is 0 Å². The van der Waals surface area contributed by atoms with Crippen molar-refractivity contribution in [1.82, 2.24) is 15.1 Å². The zero-order chi connectivity index (χ0) is 23.9. The van der Waals surface area contributed by atoms with Gasteiger partial charge in [-0.25, -0.2) is 4.79 Å². The van der Waals surface area contributed by atoms with Crippen LogP contribution in [0.1, 0.15) is 54.8 Å². The average molecular weight is 468 g/mol. The van der Waals surface area contributed by atoms with Crippen LogP contribution in [-0.2, 0) is 5.41 Å². The van der Waals surface area contributed by atoms with Gasteiger partial charge in [0.2, 0.25) is 0 Å². The summed E-state index contributed by atoms with van der Waals surface area (Å²) in [4.78, 5) is 18.2. The highest BCUT2D eigenvalue weighted by Gasteiger charge is 2.39. The molecule has 2 fully saturated rings. The lowest BCUT2D eigenvalue weighted by Gasteiger charge is -2.45. The molecule has 3 aromatic rings. The molecule has 2 amide bonds. The topological polar surface area (TPSA) is 35.6 Å². The number of benzene rings is 3. The number of nitrogens with zero attached hydrogens (tertiary/aromatic N) is 2. The van der Waals surface area contributed by atoms with Crippen molar-refractivity contribution in [2.45, 2.75) is 43.6 Å². The Morgan fingerprint density at radius 1 is 0.714 bits per heavy atom. The first kappa shape index (κ1) is 23.6. The molecule has 0 aromatic heterocycles. The van der Waals surface area contributed by atoms with E-state index >= 15 is 0 Å². The number of hydrogen-bond donors (Lipinski definition) is 1. The molecule has 35 heavy (non-hydrogen) atoms. The van der Waals surface area contributed by atoms with Crippen LogP contribution in [0.3, 0.4) is 0 Å². The summed E-state index contributed by atoms with van der Waals surface area (Å²) in [6.45, 7) is 5.07. The number of carbonyl (C=O) groups is 1. The molecule has 0 atom stereocenters. The molecule has 4 heteroatoms. The summed E-state index contributed by atoms with van der Waals surface area (Å²) in [6.07, 6.45) is 5.97. The van der Waals surface area contributed by atoms with E-state index in [2.05, 4.69) is 64.8 Å². The molecule has 1 N–H and O–H groups in total. The third-order valence-electron chi connectivity index (χ3n) is 7.90. The van der Waals surface area contributed by atoms with E-state index in [-0.39, 0.29) is 17.5 Å². The van der Waals surface area contributed by atoms with Gasteiger partial charge in [-0.3, -0.25) is 0 Å². The Morgan fingerprint density at radius 3 is 1.77 bits per heavy atom. The minimum atomic E-state index is -0.154. The van der Waals surface area contributed by atoms with Crippen LogP contribution >= 0.6 is 0 Å². The molecular formula is C31H37N3O. The van der Waals surface area contributed by atoms with Crippen molar-refractivity contribution >= 4 is 6.03 Å². The number of piperidine rings is 2. The van der Waals surface area contributed by atoms with Gasteiger partial charge in [0, 0.05) is 25.0 Å². The number of nitrogens with one attached hydrogen (secondary N) is 1. The average Bonchev–Trinajstić information content (AvgIpc) is 2.94. The highest BCUT2D eigenvalue weighted by atomic mass is 16.2. The number of likely N-dealkylation sites (tertiary alicyclic amines) is 2. The standard InChI is InChI=1S/C31H37N3O/c35-30(32-29(26-13-5-1-6-14-26)27-15-7-2-8-16-27)34-23-19-31(20-24-34,28-17-9-3-10-18-28)25-33-21-11-4-12-22-33/h1-3,5-10,13-18,29H,4,11-12,19-25H2,(H,32,35). The summed E-state index contributed by atoms with van der Waals surface area (Å²) >= 11 is 0. The predicted molar refractivity (Wildman–Crippen MR) is 142 cm³/mol. The maximum absolute atomic E-state index is 13.5. The first-order valence-corrected chi connectivity index (χ1v) is 13.2. The third-order valence-corrected chi connectivity index (χ3v) is 7.90. The van der Waals surface area contributed by atoms with Crippen LogP contribution in [0.15, 0.2) is 91.0 Å². The molecule has 3 aromatic carbocycles. The lowest BCUT2D eigenvalue weighted by atomic mass is 9.72. The van der Waals surface area contributed by atoms with Crippen LogP contribution in [0.2, 0.25) is 0 Å². The van der Waals surface area contributed by atoms with Crippen LogP contribution < -0.4 is 5.32 Å². The summed E-state index contributed by atoms with van der Waals surface area (Å²) in [6, 6.07) is 31.4.